The van der Waals surface area contributed by atoms with Gasteiger partial charge in [-0.1, -0.05) is 60.7 Å². The van der Waals surface area contributed by atoms with Crippen molar-refractivity contribution in [3.05, 3.63) is 90.0 Å². The number of para-hydroxylation sites is 1. The Morgan fingerprint density at radius 3 is 2.31 bits per heavy atom. The zero-order chi connectivity index (χ0) is 19.9. The van der Waals surface area contributed by atoms with Gasteiger partial charge in [-0.2, -0.15) is 0 Å². The monoisotopic (exact) mass is 384 g/mol. The third-order valence-corrected chi connectivity index (χ3v) is 5.43. The van der Waals surface area contributed by atoms with Crippen LogP contribution in [0.3, 0.4) is 0 Å². The van der Waals surface area contributed by atoms with Crippen LogP contribution >= 0.6 is 0 Å². The van der Waals surface area contributed by atoms with Gasteiger partial charge in [-0.3, -0.25) is 0 Å². The van der Waals surface area contributed by atoms with E-state index in [0.29, 0.717) is 5.75 Å². The van der Waals surface area contributed by atoms with Crippen LogP contribution in [0.25, 0.3) is 22.2 Å². The summed E-state index contributed by atoms with van der Waals surface area (Å²) in [6, 6.07) is 26.7. The lowest BCUT2D eigenvalue weighted by Gasteiger charge is -2.08. The Hall–Kier alpha value is -3.04. The first-order valence-electron chi connectivity index (χ1n) is 10.4. The number of rotatable bonds is 9. The molecule has 0 aliphatic rings. The first-order valence-corrected chi connectivity index (χ1v) is 10.4. The lowest BCUT2D eigenvalue weighted by atomic mass is 10.0. The van der Waals surface area contributed by atoms with Crippen molar-refractivity contribution in [2.45, 2.75) is 25.7 Å². The van der Waals surface area contributed by atoms with Gasteiger partial charge in [0.05, 0.1) is 0 Å². The molecule has 0 aliphatic heterocycles. The summed E-state index contributed by atoms with van der Waals surface area (Å²) in [5.74, 6) is 0.336. The molecule has 3 N–H and O–H groups in total. The van der Waals surface area contributed by atoms with Gasteiger partial charge >= 0.3 is 0 Å². The lowest BCUT2D eigenvalue weighted by Crippen LogP contribution is -2.18. The van der Waals surface area contributed by atoms with Gasteiger partial charge in [-0.15, -0.1) is 0 Å². The van der Waals surface area contributed by atoms with E-state index >= 15 is 0 Å². The van der Waals surface area contributed by atoms with Crippen LogP contribution in [0.1, 0.15) is 24.0 Å². The minimum atomic E-state index is 0.336. The molecule has 0 spiro atoms. The summed E-state index contributed by atoms with van der Waals surface area (Å²) in [7, 11) is 0. The van der Waals surface area contributed by atoms with Crippen LogP contribution in [0.5, 0.6) is 5.75 Å². The Morgan fingerprint density at radius 2 is 1.48 bits per heavy atom. The Labute approximate surface area is 172 Å². The highest BCUT2D eigenvalue weighted by molar-refractivity contribution is 5.90. The standard InChI is InChI=1S/C26H28N2O/c29-22-15-13-20(14-16-22)8-6-7-18-27-19-17-24-23-11-4-5-12-25(23)28-26(24)21-9-2-1-3-10-21/h1-5,9-16,27-29H,6-8,17-19H2. The zero-order valence-electron chi connectivity index (χ0n) is 16.7. The van der Waals surface area contributed by atoms with Crippen molar-refractivity contribution in [2.75, 3.05) is 13.1 Å². The van der Waals surface area contributed by atoms with E-state index in [9.17, 15) is 5.11 Å². The highest BCUT2D eigenvalue weighted by Gasteiger charge is 2.12. The molecule has 29 heavy (non-hydrogen) atoms. The topological polar surface area (TPSA) is 48.0 Å². The second-order valence-corrected chi connectivity index (χ2v) is 7.51. The normalized spacial score (nSPS) is 11.2. The number of fused-ring (bicyclic) bond motifs is 1. The smallest absolute Gasteiger partial charge is 0.115 e. The van der Waals surface area contributed by atoms with Gasteiger partial charge in [-0.25, -0.2) is 0 Å². The van der Waals surface area contributed by atoms with Crippen molar-refractivity contribution in [1.82, 2.24) is 10.3 Å². The fourth-order valence-electron chi connectivity index (χ4n) is 3.89. The first kappa shape index (κ1) is 19.3. The van der Waals surface area contributed by atoms with Crippen molar-refractivity contribution in [2.24, 2.45) is 0 Å². The average molecular weight is 385 g/mol. The Bertz CT molecular complexity index is 1040. The molecular formula is C26H28N2O. The molecule has 148 valence electrons. The molecule has 3 aromatic carbocycles. The maximum absolute atomic E-state index is 9.35. The molecule has 3 heteroatoms. The number of nitrogens with one attached hydrogen (secondary N) is 2. The number of phenols is 1. The minimum Gasteiger partial charge on any atom is -0.508 e. The van der Waals surface area contributed by atoms with Crippen molar-refractivity contribution < 1.29 is 5.11 Å². The maximum Gasteiger partial charge on any atom is 0.115 e. The van der Waals surface area contributed by atoms with Gasteiger partial charge in [0.25, 0.3) is 0 Å². The van der Waals surface area contributed by atoms with Crippen LogP contribution in [-0.4, -0.2) is 23.2 Å². The van der Waals surface area contributed by atoms with E-state index in [1.807, 2.05) is 12.1 Å². The first-order chi connectivity index (χ1) is 14.3. The van der Waals surface area contributed by atoms with E-state index < -0.39 is 0 Å². The molecule has 0 atom stereocenters. The number of phenolic OH excluding ortho intramolecular Hbond substituents is 1. The van der Waals surface area contributed by atoms with E-state index in [0.717, 1.165) is 38.8 Å². The highest BCUT2D eigenvalue weighted by Crippen LogP contribution is 2.30. The Balaban J connectivity index is 1.31. The van der Waals surface area contributed by atoms with Gasteiger partial charge in [0.1, 0.15) is 5.75 Å². The molecular weight excluding hydrogens is 356 g/mol. The van der Waals surface area contributed by atoms with E-state index in [2.05, 4.69) is 64.9 Å². The third kappa shape index (κ3) is 4.87. The summed E-state index contributed by atoms with van der Waals surface area (Å²) in [6.07, 6.45) is 4.37. The van der Waals surface area contributed by atoms with Crippen LogP contribution in [0.2, 0.25) is 0 Å². The minimum absolute atomic E-state index is 0.336. The molecule has 4 rings (SSSR count). The van der Waals surface area contributed by atoms with Crippen LogP contribution in [0.4, 0.5) is 0 Å². The van der Waals surface area contributed by atoms with Crippen LogP contribution in [0, 0.1) is 0 Å². The third-order valence-electron chi connectivity index (χ3n) is 5.43. The molecule has 0 unspecified atom stereocenters. The number of aromatic amines is 1. The van der Waals surface area contributed by atoms with Gasteiger partial charge in [-0.05, 0) is 73.7 Å². The second-order valence-electron chi connectivity index (χ2n) is 7.51. The number of hydrogen-bond acceptors (Lipinski definition) is 2. The fourth-order valence-corrected chi connectivity index (χ4v) is 3.89. The van der Waals surface area contributed by atoms with Gasteiger partial charge in [0.2, 0.25) is 0 Å². The predicted octanol–water partition coefficient (Wildman–Crippen LogP) is 5.70. The molecule has 4 aromatic rings. The molecule has 0 fully saturated rings. The van der Waals surface area contributed by atoms with Crippen molar-refractivity contribution >= 4 is 10.9 Å². The number of aryl methyl sites for hydroxylation is 1. The van der Waals surface area contributed by atoms with E-state index in [4.69, 9.17) is 0 Å². The van der Waals surface area contributed by atoms with E-state index in [-0.39, 0.29) is 0 Å². The quantitative estimate of drug-likeness (QED) is 0.324. The number of hydrogen-bond donors (Lipinski definition) is 3. The summed E-state index contributed by atoms with van der Waals surface area (Å²) >= 11 is 0. The van der Waals surface area contributed by atoms with E-state index in [1.54, 1.807) is 12.1 Å². The maximum atomic E-state index is 9.35. The molecule has 3 nitrogen and oxygen atoms in total. The predicted molar refractivity (Wildman–Crippen MR) is 121 cm³/mol. The number of aromatic hydroxyl groups is 1. The van der Waals surface area contributed by atoms with Gasteiger partial charge in [0.15, 0.2) is 0 Å². The number of H-pyrrole nitrogens is 1. The van der Waals surface area contributed by atoms with Crippen molar-refractivity contribution in [3.8, 4) is 17.0 Å². The average Bonchev–Trinajstić information content (AvgIpc) is 3.14. The number of benzene rings is 3. The summed E-state index contributed by atoms with van der Waals surface area (Å²) in [5, 5.41) is 14.3. The summed E-state index contributed by atoms with van der Waals surface area (Å²) < 4.78 is 0. The lowest BCUT2D eigenvalue weighted by molar-refractivity contribution is 0.475. The molecule has 0 saturated carbocycles. The number of aromatic nitrogens is 1. The van der Waals surface area contributed by atoms with Gasteiger partial charge in [0, 0.05) is 16.6 Å². The fraction of sp³-hybridized carbons (Fsp3) is 0.231. The Kier molecular flexibility index (Phi) is 6.28. The van der Waals surface area contributed by atoms with Crippen LogP contribution < -0.4 is 5.32 Å². The molecule has 0 radical (unpaired) electrons. The molecule has 0 aliphatic carbocycles. The molecule has 0 saturated heterocycles. The highest BCUT2D eigenvalue weighted by atomic mass is 16.3. The largest absolute Gasteiger partial charge is 0.508 e. The van der Waals surface area contributed by atoms with Crippen molar-refractivity contribution in [3.63, 3.8) is 0 Å². The van der Waals surface area contributed by atoms with E-state index in [1.165, 1.54) is 33.3 Å². The second kappa shape index (κ2) is 9.44. The summed E-state index contributed by atoms with van der Waals surface area (Å²) in [6.45, 7) is 2.00. The van der Waals surface area contributed by atoms with Crippen molar-refractivity contribution in [1.29, 1.82) is 0 Å². The molecule has 1 aromatic heterocycles. The van der Waals surface area contributed by atoms with Crippen LogP contribution in [-0.2, 0) is 12.8 Å². The zero-order valence-corrected chi connectivity index (χ0v) is 16.7. The number of unbranched alkanes of at least 4 members (excludes halogenated alkanes) is 1. The Morgan fingerprint density at radius 1 is 0.724 bits per heavy atom. The molecule has 0 amide bonds. The molecule has 1 heterocycles. The molecule has 0 bridgehead atoms. The van der Waals surface area contributed by atoms with Crippen LogP contribution in [0.15, 0.2) is 78.9 Å². The van der Waals surface area contributed by atoms with Gasteiger partial charge < -0.3 is 15.4 Å². The summed E-state index contributed by atoms with van der Waals surface area (Å²) in [4.78, 5) is 3.62. The summed E-state index contributed by atoms with van der Waals surface area (Å²) in [5.41, 5.74) is 6.36. The SMILES string of the molecule is Oc1ccc(CCCCNCCc2c(-c3ccccc3)[nH]c3ccccc23)cc1.